The lowest BCUT2D eigenvalue weighted by Crippen LogP contribution is -2.49. The second-order valence-corrected chi connectivity index (χ2v) is 5.60. The van der Waals surface area contributed by atoms with Crippen molar-refractivity contribution < 1.29 is 4.79 Å². The first-order chi connectivity index (χ1) is 9.74. The van der Waals surface area contributed by atoms with E-state index in [0.29, 0.717) is 18.8 Å². The number of rotatable bonds is 2. The van der Waals surface area contributed by atoms with Gasteiger partial charge in [0.25, 0.3) is 5.91 Å². The van der Waals surface area contributed by atoms with E-state index < -0.39 is 0 Å². The number of amides is 1. The van der Waals surface area contributed by atoms with Crippen LogP contribution in [0.2, 0.25) is 0 Å². The van der Waals surface area contributed by atoms with Gasteiger partial charge in [0.1, 0.15) is 5.69 Å². The van der Waals surface area contributed by atoms with E-state index in [1.54, 1.807) is 23.6 Å². The summed E-state index contributed by atoms with van der Waals surface area (Å²) in [5.41, 5.74) is 1.57. The molecule has 1 fully saturated rings. The number of aromatic nitrogens is 2. The Kier molecular flexibility index (Phi) is 3.64. The minimum atomic E-state index is 0.0144. The van der Waals surface area contributed by atoms with Gasteiger partial charge in [0.05, 0.1) is 5.69 Å². The third-order valence-electron chi connectivity index (χ3n) is 3.33. The molecule has 0 N–H and O–H groups in total. The fourth-order valence-corrected chi connectivity index (χ4v) is 3.10. The van der Waals surface area contributed by atoms with Crippen LogP contribution >= 0.6 is 11.3 Å². The van der Waals surface area contributed by atoms with Gasteiger partial charge in [-0.05, 0) is 19.1 Å². The van der Waals surface area contributed by atoms with Gasteiger partial charge in [-0.15, -0.1) is 11.3 Å². The van der Waals surface area contributed by atoms with Gasteiger partial charge in [-0.3, -0.25) is 9.78 Å². The molecule has 20 heavy (non-hydrogen) atoms. The molecule has 0 radical (unpaired) electrons. The second-order valence-electron chi connectivity index (χ2n) is 4.77. The highest BCUT2D eigenvalue weighted by molar-refractivity contribution is 7.13. The Morgan fingerprint density at radius 2 is 2.05 bits per heavy atom. The van der Waals surface area contributed by atoms with Gasteiger partial charge in [0.2, 0.25) is 0 Å². The van der Waals surface area contributed by atoms with Crippen LogP contribution < -0.4 is 4.90 Å². The molecule has 0 aromatic carbocycles. The van der Waals surface area contributed by atoms with Crippen molar-refractivity contribution in [2.75, 3.05) is 31.1 Å². The van der Waals surface area contributed by atoms with Gasteiger partial charge in [-0.1, -0.05) is 6.07 Å². The number of piperazine rings is 1. The number of carbonyl (C=O) groups is 1. The number of thiazole rings is 1. The Bertz CT molecular complexity index is 590. The molecular weight excluding hydrogens is 272 g/mol. The lowest BCUT2D eigenvalue weighted by Gasteiger charge is -2.34. The summed E-state index contributed by atoms with van der Waals surface area (Å²) in [5.74, 6) is 0.0144. The van der Waals surface area contributed by atoms with Gasteiger partial charge in [0, 0.05) is 37.8 Å². The standard InChI is InChI=1S/C14H16N4OS/c1-11-10-20-14(16-11)18-8-6-17(7-9-18)13(19)12-4-2-3-5-15-12/h2-5,10H,6-9H2,1H3. The minimum absolute atomic E-state index is 0.0144. The van der Waals surface area contributed by atoms with E-state index in [9.17, 15) is 4.79 Å². The number of hydrogen-bond donors (Lipinski definition) is 0. The highest BCUT2D eigenvalue weighted by Gasteiger charge is 2.23. The number of pyridine rings is 1. The van der Waals surface area contributed by atoms with Crippen LogP contribution in [-0.4, -0.2) is 47.0 Å². The topological polar surface area (TPSA) is 49.3 Å². The molecule has 5 nitrogen and oxygen atoms in total. The molecule has 0 aliphatic carbocycles. The van der Waals surface area contributed by atoms with E-state index in [0.717, 1.165) is 23.9 Å². The molecule has 1 amide bonds. The Morgan fingerprint density at radius 1 is 1.25 bits per heavy atom. The maximum Gasteiger partial charge on any atom is 0.272 e. The molecule has 1 aliphatic rings. The Hall–Kier alpha value is -1.95. The minimum Gasteiger partial charge on any atom is -0.345 e. The third-order valence-corrected chi connectivity index (χ3v) is 4.35. The molecular formula is C14H16N4OS. The zero-order valence-electron chi connectivity index (χ0n) is 11.3. The van der Waals surface area contributed by atoms with E-state index in [1.165, 1.54) is 0 Å². The van der Waals surface area contributed by atoms with Gasteiger partial charge in [0.15, 0.2) is 5.13 Å². The SMILES string of the molecule is Cc1csc(N2CCN(C(=O)c3ccccn3)CC2)n1. The van der Waals surface area contributed by atoms with E-state index >= 15 is 0 Å². The van der Waals surface area contributed by atoms with Crippen molar-refractivity contribution in [1.29, 1.82) is 0 Å². The number of carbonyl (C=O) groups excluding carboxylic acids is 1. The lowest BCUT2D eigenvalue weighted by atomic mass is 10.2. The zero-order chi connectivity index (χ0) is 13.9. The molecule has 1 aliphatic heterocycles. The van der Waals surface area contributed by atoms with Crippen LogP contribution in [0.25, 0.3) is 0 Å². The Balaban J connectivity index is 1.63. The third kappa shape index (κ3) is 2.65. The van der Waals surface area contributed by atoms with Crippen molar-refractivity contribution in [3.8, 4) is 0 Å². The Morgan fingerprint density at radius 3 is 2.65 bits per heavy atom. The van der Waals surface area contributed by atoms with Crippen LogP contribution in [0.1, 0.15) is 16.2 Å². The number of anilines is 1. The molecule has 0 unspecified atom stereocenters. The van der Waals surface area contributed by atoms with Gasteiger partial charge < -0.3 is 9.80 Å². The van der Waals surface area contributed by atoms with E-state index in [-0.39, 0.29) is 5.91 Å². The maximum atomic E-state index is 12.3. The van der Waals surface area contributed by atoms with E-state index in [1.807, 2.05) is 24.0 Å². The van der Waals surface area contributed by atoms with E-state index in [4.69, 9.17) is 0 Å². The molecule has 0 atom stereocenters. The number of hydrogen-bond acceptors (Lipinski definition) is 5. The average molecular weight is 288 g/mol. The second kappa shape index (κ2) is 5.58. The van der Waals surface area contributed by atoms with Crippen molar-refractivity contribution in [3.63, 3.8) is 0 Å². The van der Waals surface area contributed by atoms with Crippen LogP contribution in [0.15, 0.2) is 29.8 Å². The molecule has 104 valence electrons. The lowest BCUT2D eigenvalue weighted by molar-refractivity contribution is 0.0741. The summed E-state index contributed by atoms with van der Waals surface area (Å²) in [5, 5.41) is 3.10. The predicted molar refractivity (Wildman–Crippen MR) is 79.2 cm³/mol. The monoisotopic (exact) mass is 288 g/mol. The van der Waals surface area contributed by atoms with Crippen molar-refractivity contribution in [2.45, 2.75) is 6.92 Å². The molecule has 0 spiro atoms. The molecule has 0 bridgehead atoms. The van der Waals surface area contributed by atoms with Crippen LogP contribution in [0.5, 0.6) is 0 Å². The maximum absolute atomic E-state index is 12.3. The molecule has 3 heterocycles. The van der Waals surface area contributed by atoms with Gasteiger partial charge >= 0.3 is 0 Å². The zero-order valence-corrected chi connectivity index (χ0v) is 12.1. The molecule has 3 rings (SSSR count). The largest absolute Gasteiger partial charge is 0.345 e. The van der Waals surface area contributed by atoms with E-state index in [2.05, 4.69) is 20.2 Å². The van der Waals surface area contributed by atoms with Crippen LogP contribution in [-0.2, 0) is 0 Å². The summed E-state index contributed by atoms with van der Waals surface area (Å²) in [6.07, 6.45) is 1.65. The number of aryl methyl sites for hydroxylation is 1. The average Bonchev–Trinajstić information content (AvgIpc) is 2.94. The van der Waals surface area contributed by atoms with Crippen molar-refractivity contribution in [3.05, 3.63) is 41.2 Å². The van der Waals surface area contributed by atoms with Crippen LogP contribution in [0, 0.1) is 6.92 Å². The van der Waals surface area contributed by atoms with Crippen molar-refractivity contribution >= 4 is 22.4 Å². The summed E-state index contributed by atoms with van der Waals surface area (Å²) in [4.78, 5) is 25.0. The molecule has 6 heteroatoms. The smallest absolute Gasteiger partial charge is 0.272 e. The van der Waals surface area contributed by atoms with Gasteiger partial charge in [-0.2, -0.15) is 0 Å². The van der Waals surface area contributed by atoms with Crippen molar-refractivity contribution in [2.24, 2.45) is 0 Å². The first-order valence-corrected chi connectivity index (χ1v) is 7.49. The first-order valence-electron chi connectivity index (χ1n) is 6.61. The normalized spacial score (nSPS) is 15.4. The quantitative estimate of drug-likeness (QED) is 0.845. The highest BCUT2D eigenvalue weighted by Crippen LogP contribution is 2.21. The predicted octanol–water partition coefficient (Wildman–Crippen LogP) is 1.81. The Labute approximate surface area is 121 Å². The summed E-state index contributed by atoms with van der Waals surface area (Å²) < 4.78 is 0. The van der Waals surface area contributed by atoms with Crippen LogP contribution in [0.3, 0.4) is 0 Å². The summed E-state index contributed by atoms with van der Waals surface area (Å²) in [7, 11) is 0. The summed E-state index contributed by atoms with van der Waals surface area (Å²) in [6.45, 7) is 5.08. The van der Waals surface area contributed by atoms with Crippen molar-refractivity contribution in [1.82, 2.24) is 14.9 Å². The summed E-state index contributed by atoms with van der Waals surface area (Å²) >= 11 is 1.66. The fraction of sp³-hybridized carbons (Fsp3) is 0.357. The fourth-order valence-electron chi connectivity index (χ4n) is 2.24. The van der Waals surface area contributed by atoms with Crippen LogP contribution in [0.4, 0.5) is 5.13 Å². The number of nitrogens with zero attached hydrogens (tertiary/aromatic N) is 4. The summed E-state index contributed by atoms with van der Waals surface area (Å²) in [6, 6.07) is 5.42. The first kappa shape index (κ1) is 13.1. The highest BCUT2D eigenvalue weighted by atomic mass is 32.1. The molecule has 2 aromatic heterocycles. The molecule has 1 saturated heterocycles. The van der Waals surface area contributed by atoms with Gasteiger partial charge in [-0.25, -0.2) is 4.98 Å². The molecule has 2 aromatic rings. The molecule has 0 saturated carbocycles.